The van der Waals surface area contributed by atoms with E-state index in [4.69, 9.17) is 5.11 Å². The van der Waals surface area contributed by atoms with Crippen LogP contribution in [0.25, 0.3) is 0 Å². The Kier molecular flexibility index (Phi) is 2.14. The predicted octanol–water partition coefficient (Wildman–Crippen LogP) is 0.176. The molecule has 0 aromatic carbocycles. The first-order valence-electron chi connectivity index (χ1n) is 5.88. The van der Waals surface area contributed by atoms with Gasteiger partial charge in [-0.1, -0.05) is 12.2 Å². The van der Waals surface area contributed by atoms with E-state index >= 15 is 0 Å². The van der Waals surface area contributed by atoms with E-state index < -0.39 is 0 Å². The lowest BCUT2D eigenvalue weighted by molar-refractivity contribution is -0.140. The summed E-state index contributed by atoms with van der Waals surface area (Å²) < 4.78 is 0. The number of aliphatic hydroxyl groups excluding tert-OH is 1. The smallest absolute Gasteiger partial charge is 0.233 e. The highest BCUT2D eigenvalue weighted by Gasteiger charge is 2.58. The molecule has 0 aromatic rings. The van der Waals surface area contributed by atoms with E-state index in [1.807, 2.05) is 0 Å². The predicted molar refractivity (Wildman–Crippen MR) is 56.1 cm³/mol. The SMILES string of the molecule is O=C1[C@@H]2[C@H](C(=O)N1CCCO)[C@H]1C=C[C@H]2C1. The van der Waals surface area contributed by atoms with Crippen molar-refractivity contribution in [2.75, 3.05) is 13.2 Å². The highest BCUT2D eigenvalue weighted by molar-refractivity contribution is 6.06. The van der Waals surface area contributed by atoms with E-state index in [0.717, 1.165) is 6.42 Å². The highest BCUT2D eigenvalue weighted by Crippen LogP contribution is 2.52. The van der Waals surface area contributed by atoms with E-state index in [1.165, 1.54) is 4.90 Å². The molecule has 1 aliphatic heterocycles. The minimum absolute atomic E-state index is 0.0136. The van der Waals surface area contributed by atoms with Gasteiger partial charge in [-0.25, -0.2) is 0 Å². The quantitative estimate of drug-likeness (QED) is 0.546. The fourth-order valence-electron chi connectivity index (χ4n) is 3.41. The summed E-state index contributed by atoms with van der Waals surface area (Å²) in [4.78, 5) is 25.5. The lowest BCUT2D eigenvalue weighted by Gasteiger charge is -2.16. The molecule has 2 fully saturated rings. The maximum Gasteiger partial charge on any atom is 0.233 e. The number of hydrogen-bond donors (Lipinski definition) is 1. The molecule has 86 valence electrons. The largest absolute Gasteiger partial charge is 0.396 e. The Morgan fingerprint density at radius 1 is 1.19 bits per heavy atom. The van der Waals surface area contributed by atoms with Crippen LogP contribution in [0.4, 0.5) is 0 Å². The number of carbonyl (C=O) groups excluding carboxylic acids is 2. The van der Waals surface area contributed by atoms with Gasteiger partial charge in [0, 0.05) is 13.2 Å². The molecule has 1 saturated carbocycles. The van der Waals surface area contributed by atoms with E-state index in [0.29, 0.717) is 13.0 Å². The van der Waals surface area contributed by atoms with Gasteiger partial charge in [-0.3, -0.25) is 14.5 Å². The van der Waals surface area contributed by atoms with Crippen molar-refractivity contribution in [3.05, 3.63) is 12.2 Å². The summed E-state index contributed by atoms with van der Waals surface area (Å²) in [5.41, 5.74) is 0. The van der Waals surface area contributed by atoms with Crippen molar-refractivity contribution in [2.45, 2.75) is 12.8 Å². The topological polar surface area (TPSA) is 57.6 Å². The summed E-state index contributed by atoms with van der Waals surface area (Å²) >= 11 is 0. The van der Waals surface area contributed by atoms with Crippen LogP contribution >= 0.6 is 0 Å². The van der Waals surface area contributed by atoms with Crippen LogP contribution in [-0.2, 0) is 9.59 Å². The molecule has 0 spiro atoms. The lowest BCUT2D eigenvalue weighted by Crippen LogP contribution is -2.34. The molecule has 2 bridgehead atoms. The Morgan fingerprint density at radius 2 is 1.75 bits per heavy atom. The number of carbonyl (C=O) groups is 2. The average molecular weight is 221 g/mol. The number of hydrogen-bond acceptors (Lipinski definition) is 3. The molecule has 0 radical (unpaired) electrons. The third-order valence-corrected chi connectivity index (χ3v) is 4.10. The van der Waals surface area contributed by atoms with Crippen LogP contribution in [0.3, 0.4) is 0 Å². The van der Waals surface area contributed by atoms with Crippen molar-refractivity contribution in [1.82, 2.24) is 4.90 Å². The summed E-state index contributed by atoms with van der Waals surface area (Å²) in [5, 5.41) is 8.76. The van der Waals surface area contributed by atoms with Crippen LogP contribution in [-0.4, -0.2) is 35.0 Å². The minimum Gasteiger partial charge on any atom is -0.396 e. The molecule has 3 aliphatic rings. The zero-order valence-corrected chi connectivity index (χ0v) is 9.00. The van der Waals surface area contributed by atoms with Gasteiger partial charge in [-0.05, 0) is 24.7 Å². The number of allylic oxidation sites excluding steroid dienone is 2. The minimum atomic E-state index is -0.0961. The van der Waals surface area contributed by atoms with Crippen LogP contribution in [0, 0.1) is 23.7 Å². The Balaban J connectivity index is 1.83. The summed E-state index contributed by atoms with van der Waals surface area (Å²) in [6.07, 6.45) is 5.64. The Labute approximate surface area is 93.9 Å². The molecule has 1 saturated heterocycles. The zero-order valence-electron chi connectivity index (χ0n) is 9.00. The van der Waals surface area contributed by atoms with E-state index in [2.05, 4.69) is 12.2 Å². The Hall–Kier alpha value is -1.16. The van der Waals surface area contributed by atoms with Crippen molar-refractivity contribution in [1.29, 1.82) is 0 Å². The fourth-order valence-corrected chi connectivity index (χ4v) is 3.41. The van der Waals surface area contributed by atoms with Crippen LogP contribution < -0.4 is 0 Å². The van der Waals surface area contributed by atoms with Crippen molar-refractivity contribution in [3.8, 4) is 0 Å². The second-order valence-electron chi connectivity index (χ2n) is 4.91. The first kappa shape index (κ1) is 10.0. The van der Waals surface area contributed by atoms with Gasteiger partial charge in [-0.15, -0.1) is 0 Å². The zero-order chi connectivity index (χ0) is 11.3. The summed E-state index contributed by atoms with van der Waals surface area (Å²) in [5.74, 6) is 0.346. The van der Waals surface area contributed by atoms with Gasteiger partial charge in [0.15, 0.2) is 0 Å². The van der Waals surface area contributed by atoms with Gasteiger partial charge >= 0.3 is 0 Å². The summed E-state index contributed by atoms with van der Waals surface area (Å²) in [6, 6.07) is 0. The molecule has 3 rings (SSSR count). The number of aliphatic hydroxyl groups is 1. The third kappa shape index (κ3) is 1.13. The summed E-state index contributed by atoms with van der Waals surface area (Å²) in [6.45, 7) is 0.401. The van der Waals surface area contributed by atoms with Crippen LogP contribution in [0.1, 0.15) is 12.8 Å². The number of amides is 2. The van der Waals surface area contributed by atoms with Crippen LogP contribution in [0.2, 0.25) is 0 Å². The van der Waals surface area contributed by atoms with Gasteiger partial charge in [0.1, 0.15) is 0 Å². The van der Waals surface area contributed by atoms with Gasteiger partial charge in [-0.2, -0.15) is 0 Å². The Bertz CT molecular complexity index is 346. The van der Waals surface area contributed by atoms with Gasteiger partial charge in [0.25, 0.3) is 0 Å². The van der Waals surface area contributed by atoms with E-state index in [-0.39, 0.29) is 42.1 Å². The molecule has 0 aromatic heterocycles. The van der Waals surface area contributed by atoms with Crippen molar-refractivity contribution in [2.24, 2.45) is 23.7 Å². The van der Waals surface area contributed by atoms with Gasteiger partial charge in [0.05, 0.1) is 11.8 Å². The Morgan fingerprint density at radius 3 is 2.25 bits per heavy atom. The van der Waals surface area contributed by atoms with Crippen molar-refractivity contribution in [3.63, 3.8) is 0 Å². The molecule has 1 N–H and O–H groups in total. The monoisotopic (exact) mass is 221 g/mol. The molecule has 4 nitrogen and oxygen atoms in total. The second-order valence-corrected chi connectivity index (χ2v) is 4.91. The van der Waals surface area contributed by atoms with E-state index in [1.54, 1.807) is 0 Å². The second kappa shape index (κ2) is 3.42. The number of rotatable bonds is 3. The molecule has 2 aliphatic carbocycles. The highest BCUT2D eigenvalue weighted by atomic mass is 16.3. The number of nitrogens with zero attached hydrogens (tertiary/aromatic N) is 1. The number of fused-ring (bicyclic) bond motifs is 5. The average Bonchev–Trinajstić information content (AvgIpc) is 2.92. The lowest BCUT2D eigenvalue weighted by atomic mass is 9.85. The van der Waals surface area contributed by atoms with Gasteiger partial charge in [0.2, 0.25) is 11.8 Å². The van der Waals surface area contributed by atoms with Gasteiger partial charge < -0.3 is 5.11 Å². The molecule has 2 amide bonds. The molecule has 0 unspecified atom stereocenters. The normalized spacial score (nSPS) is 39.9. The first-order chi connectivity index (χ1) is 7.74. The van der Waals surface area contributed by atoms with Crippen molar-refractivity contribution < 1.29 is 14.7 Å². The number of likely N-dealkylation sites (tertiary alicyclic amines) is 1. The molecule has 16 heavy (non-hydrogen) atoms. The van der Waals surface area contributed by atoms with Crippen LogP contribution in [0.15, 0.2) is 12.2 Å². The van der Waals surface area contributed by atoms with Crippen LogP contribution in [0.5, 0.6) is 0 Å². The number of imide groups is 1. The van der Waals surface area contributed by atoms with Crippen molar-refractivity contribution >= 4 is 11.8 Å². The molecule has 1 heterocycles. The molecular formula is C12H15NO3. The maximum absolute atomic E-state index is 12.1. The molecule has 4 atom stereocenters. The fraction of sp³-hybridized carbons (Fsp3) is 0.667. The standard InChI is InChI=1S/C12H15NO3/c14-5-1-4-13-11(15)9-7-2-3-8(6-7)10(9)12(13)16/h2-3,7-10,14H,1,4-6H2/t7-,8-,9-,10+/m0/s1. The maximum atomic E-state index is 12.1. The first-order valence-corrected chi connectivity index (χ1v) is 5.88. The molecule has 4 heteroatoms. The third-order valence-electron chi connectivity index (χ3n) is 4.10. The van der Waals surface area contributed by atoms with E-state index in [9.17, 15) is 9.59 Å². The summed E-state index contributed by atoms with van der Waals surface area (Å²) in [7, 11) is 0. The molecular weight excluding hydrogens is 206 g/mol.